The number of nitrogens with two attached hydrogens (primary N) is 2. The SMILES string of the molecule is NCCCCC(N)C(=O)O.O=CCl. The standard InChI is InChI=1S/C6H14N2O2.CHClO/c7-4-2-1-3-5(8)6(9)10;2-1-3/h5H,1-4,7-8H2,(H,9,10);1H. The number of aliphatic carboxylic acids is 1. The third-order valence-electron chi connectivity index (χ3n) is 1.29. The first kappa shape index (κ1) is 14.9. The fraction of sp³-hybridized carbons (Fsp3) is 0.714. The average Bonchev–Trinajstić information content (AvgIpc) is 2.06. The van der Waals surface area contributed by atoms with Crippen LogP contribution in [0.25, 0.3) is 0 Å². The molecule has 0 aliphatic rings. The summed E-state index contributed by atoms with van der Waals surface area (Å²) in [5.74, 6) is -0.711. The molecule has 1 unspecified atom stereocenters. The predicted octanol–water partition coefficient (Wildman–Crippen LogP) is -0.0573. The third kappa shape index (κ3) is 14.2. The molecular formula is C7H15ClN2O3. The Morgan fingerprint density at radius 1 is 1.54 bits per heavy atom. The highest BCUT2D eigenvalue weighted by Gasteiger charge is 2.09. The molecule has 0 radical (unpaired) electrons. The lowest BCUT2D eigenvalue weighted by Gasteiger charge is -2.03. The van der Waals surface area contributed by atoms with Crippen molar-refractivity contribution in [2.75, 3.05) is 6.54 Å². The predicted molar refractivity (Wildman–Crippen MR) is 51.1 cm³/mol. The fourth-order valence-corrected chi connectivity index (χ4v) is 0.632. The lowest BCUT2D eigenvalue weighted by atomic mass is 10.1. The van der Waals surface area contributed by atoms with Gasteiger partial charge in [0, 0.05) is 0 Å². The van der Waals surface area contributed by atoms with Crippen LogP contribution in [0.1, 0.15) is 19.3 Å². The molecule has 13 heavy (non-hydrogen) atoms. The van der Waals surface area contributed by atoms with E-state index in [2.05, 4.69) is 11.6 Å². The van der Waals surface area contributed by atoms with Crippen LogP contribution in [0.4, 0.5) is 0 Å². The summed E-state index contributed by atoms with van der Waals surface area (Å²) in [6.07, 6.45) is 2.16. The van der Waals surface area contributed by atoms with Gasteiger partial charge in [-0.1, -0.05) is 6.42 Å². The topological polar surface area (TPSA) is 106 Å². The molecule has 6 heteroatoms. The van der Waals surface area contributed by atoms with Crippen molar-refractivity contribution in [1.82, 2.24) is 0 Å². The smallest absolute Gasteiger partial charge is 0.320 e. The van der Waals surface area contributed by atoms with Crippen LogP contribution in [-0.4, -0.2) is 29.4 Å². The van der Waals surface area contributed by atoms with Crippen LogP contribution in [0.3, 0.4) is 0 Å². The molecule has 0 aliphatic heterocycles. The molecule has 0 fully saturated rings. The molecule has 0 spiro atoms. The van der Waals surface area contributed by atoms with E-state index in [1.54, 1.807) is 0 Å². The second-order valence-corrected chi connectivity index (χ2v) is 2.50. The van der Waals surface area contributed by atoms with E-state index in [1.807, 2.05) is 0 Å². The zero-order valence-corrected chi connectivity index (χ0v) is 8.04. The molecule has 0 saturated carbocycles. The maximum Gasteiger partial charge on any atom is 0.320 e. The monoisotopic (exact) mass is 210 g/mol. The van der Waals surface area contributed by atoms with Crippen molar-refractivity contribution >= 4 is 23.3 Å². The molecule has 0 rings (SSSR count). The second-order valence-electron chi connectivity index (χ2n) is 2.32. The molecular weight excluding hydrogens is 196 g/mol. The normalized spacial score (nSPS) is 11.0. The van der Waals surface area contributed by atoms with E-state index in [0.717, 1.165) is 12.8 Å². The van der Waals surface area contributed by atoms with Crippen LogP contribution in [-0.2, 0) is 9.59 Å². The molecule has 0 aromatic heterocycles. The number of halogens is 1. The first-order valence-corrected chi connectivity index (χ1v) is 4.26. The van der Waals surface area contributed by atoms with E-state index in [0.29, 0.717) is 13.0 Å². The number of carbonyl (C=O) groups excluding carboxylic acids is 1. The summed E-state index contributed by atoms with van der Waals surface area (Å²) < 4.78 is 0. The maximum absolute atomic E-state index is 10.1. The van der Waals surface area contributed by atoms with Crippen LogP contribution in [0.2, 0.25) is 0 Å². The quantitative estimate of drug-likeness (QED) is 0.335. The number of carboxylic acid groups (broad SMARTS) is 1. The lowest BCUT2D eigenvalue weighted by molar-refractivity contribution is -0.138. The van der Waals surface area contributed by atoms with E-state index >= 15 is 0 Å². The van der Waals surface area contributed by atoms with Gasteiger partial charge in [-0.15, -0.1) is 0 Å². The summed E-state index contributed by atoms with van der Waals surface area (Å²) in [7, 11) is 0. The molecule has 0 aromatic rings. The summed E-state index contributed by atoms with van der Waals surface area (Å²) in [5, 5.41) is 8.33. The number of hydrogen-bond acceptors (Lipinski definition) is 4. The van der Waals surface area contributed by atoms with Crippen molar-refractivity contribution in [2.45, 2.75) is 25.3 Å². The van der Waals surface area contributed by atoms with E-state index in [1.165, 1.54) is 0 Å². The Labute approximate surface area is 82.0 Å². The molecule has 0 aromatic carbocycles. The van der Waals surface area contributed by atoms with E-state index in [4.69, 9.17) is 21.4 Å². The zero-order valence-electron chi connectivity index (χ0n) is 7.28. The Hall–Kier alpha value is -0.650. The van der Waals surface area contributed by atoms with Crippen molar-refractivity contribution in [3.05, 3.63) is 0 Å². The fourth-order valence-electron chi connectivity index (χ4n) is 0.632. The molecule has 0 heterocycles. The Balaban J connectivity index is 0. The Morgan fingerprint density at radius 2 is 2.00 bits per heavy atom. The van der Waals surface area contributed by atoms with Gasteiger partial charge in [0.15, 0.2) is 0 Å². The summed E-state index contributed by atoms with van der Waals surface area (Å²) in [4.78, 5) is 18.7. The van der Waals surface area contributed by atoms with Gasteiger partial charge in [-0.2, -0.15) is 0 Å². The first-order chi connectivity index (χ1) is 6.09. The Bertz CT molecular complexity index is 144. The van der Waals surface area contributed by atoms with Crippen LogP contribution >= 0.6 is 11.6 Å². The van der Waals surface area contributed by atoms with E-state index in [9.17, 15) is 4.79 Å². The van der Waals surface area contributed by atoms with Gasteiger partial charge in [-0.25, -0.2) is 0 Å². The van der Waals surface area contributed by atoms with Crippen LogP contribution < -0.4 is 11.5 Å². The number of carboxylic acids is 1. The van der Waals surface area contributed by atoms with Gasteiger partial charge in [0.05, 0.1) is 0 Å². The highest BCUT2D eigenvalue weighted by atomic mass is 35.5. The molecule has 5 N–H and O–H groups in total. The van der Waals surface area contributed by atoms with E-state index < -0.39 is 12.0 Å². The Kier molecular flexibility index (Phi) is 13.0. The molecule has 1 atom stereocenters. The number of unbranched alkanes of at least 4 members (excludes halogenated alkanes) is 1. The van der Waals surface area contributed by atoms with Gasteiger partial charge in [0.2, 0.25) is 5.75 Å². The molecule has 0 amide bonds. The van der Waals surface area contributed by atoms with Gasteiger partial charge in [0.25, 0.3) is 0 Å². The summed E-state index contributed by atoms with van der Waals surface area (Å²) in [6.45, 7) is 0.604. The Morgan fingerprint density at radius 3 is 2.31 bits per heavy atom. The summed E-state index contributed by atoms with van der Waals surface area (Å²) >= 11 is 4.32. The number of carbonyl (C=O) groups is 2. The molecule has 0 bridgehead atoms. The van der Waals surface area contributed by atoms with Gasteiger partial charge in [-0.3, -0.25) is 9.59 Å². The lowest BCUT2D eigenvalue weighted by Crippen LogP contribution is -2.29. The third-order valence-corrected chi connectivity index (χ3v) is 1.29. The summed E-state index contributed by atoms with van der Waals surface area (Å²) in [6, 6.07) is -0.716. The van der Waals surface area contributed by atoms with Crippen molar-refractivity contribution in [1.29, 1.82) is 0 Å². The minimum Gasteiger partial charge on any atom is -0.480 e. The molecule has 5 nitrogen and oxygen atoms in total. The van der Waals surface area contributed by atoms with Crippen LogP contribution in [0.5, 0.6) is 0 Å². The van der Waals surface area contributed by atoms with Crippen molar-refractivity contribution in [3.8, 4) is 0 Å². The first-order valence-electron chi connectivity index (χ1n) is 3.82. The summed E-state index contributed by atoms with van der Waals surface area (Å²) in [5.41, 5.74) is 10.4. The molecule has 0 saturated heterocycles. The van der Waals surface area contributed by atoms with Gasteiger partial charge in [-0.05, 0) is 31.0 Å². The van der Waals surface area contributed by atoms with E-state index in [-0.39, 0.29) is 5.75 Å². The van der Waals surface area contributed by atoms with Crippen LogP contribution in [0, 0.1) is 0 Å². The van der Waals surface area contributed by atoms with Crippen molar-refractivity contribution < 1.29 is 14.7 Å². The highest BCUT2D eigenvalue weighted by molar-refractivity contribution is 6.54. The maximum atomic E-state index is 10.1. The zero-order chi connectivity index (χ0) is 10.7. The highest BCUT2D eigenvalue weighted by Crippen LogP contribution is 1.96. The molecule has 78 valence electrons. The van der Waals surface area contributed by atoms with Gasteiger partial charge >= 0.3 is 5.97 Å². The minimum atomic E-state index is -0.933. The number of hydrogen-bond donors (Lipinski definition) is 3. The van der Waals surface area contributed by atoms with Gasteiger partial charge < -0.3 is 16.6 Å². The van der Waals surface area contributed by atoms with Gasteiger partial charge in [0.1, 0.15) is 6.04 Å². The largest absolute Gasteiger partial charge is 0.480 e. The number of rotatable bonds is 5. The second kappa shape index (κ2) is 11.4. The van der Waals surface area contributed by atoms with Crippen molar-refractivity contribution in [2.24, 2.45) is 11.5 Å². The average molecular weight is 211 g/mol. The minimum absolute atomic E-state index is 0.222. The van der Waals surface area contributed by atoms with Crippen LogP contribution in [0.15, 0.2) is 0 Å². The molecule has 0 aliphatic carbocycles. The van der Waals surface area contributed by atoms with Crippen molar-refractivity contribution in [3.63, 3.8) is 0 Å².